The van der Waals surface area contributed by atoms with Crippen molar-refractivity contribution < 1.29 is 13.9 Å². The van der Waals surface area contributed by atoms with Crippen LogP contribution in [0.5, 0.6) is 5.75 Å². The van der Waals surface area contributed by atoms with Crippen LogP contribution in [0.15, 0.2) is 18.2 Å². The molecule has 0 fully saturated rings. The fourth-order valence-corrected chi connectivity index (χ4v) is 1.76. The monoisotopic (exact) mass is 255 g/mol. The minimum absolute atomic E-state index is 0.129. The predicted molar refractivity (Wildman–Crippen MR) is 70.5 cm³/mol. The highest BCUT2D eigenvalue weighted by molar-refractivity contribution is 5.35. The van der Waals surface area contributed by atoms with Gasteiger partial charge < -0.3 is 14.4 Å². The van der Waals surface area contributed by atoms with Gasteiger partial charge in [-0.15, -0.1) is 0 Å². The summed E-state index contributed by atoms with van der Waals surface area (Å²) in [6.45, 7) is 3.48. The number of likely N-dealkylation sites (N-methyl/N-ethyl adjacent to an activating group) is 1. The molecule has 18 heavy (non-hydrogen) atoms. The average molecular weight is 255 g/mol. The van der Waals surface area contributed by atoms with Gasteiger partial charge in [0.2, 0.25) is 0 Å². The third kappa shape index (κ3) is 4.27. The summed E-state index contributed by atoms with van der Waals surface area (Å²) in [5, 5.41) is 0. The van der Waals surface area contributed by atoms with Crippen molar-refractivity contribution in [3.05, 3.63) is 29.6 Å². The first-order valence-corrected chi connectivity index (χ1v) is 6.18. The van der Waals surface area contributed by atoms with Crippen molar-refractivity contribution in [1.29, 1.82) is 0 Å². The van der Waals surface area contributed by atoms with Gasteiger partial charge in [-0.25, -0.2) is 4.39 Å². The van der Waals surface area contributed by atoms with Crippen LogP contribution < -0.4 is 4.74 Å². The van der Waals surface area contributed by atoms with E-state index in [0.717, 1.165) is 18.5 Å². The number of nitrogens with zero attached hydrogens (tertiary/aromatic N) is 1. The lowest BCUT2D eigenvalue weighted by Gasteiger charge is -2.20. The zero-order valence-electron chi connectivity index (χ0n) is 11.6. The van der Waals surface area contributed by atoms with Crippen molar-refractivity contribution in [3.63, 3.8) is 0 Å². The Morgan fingerprint density at radius 2 is 2.06 bits per heavy atom. The van der Waals surface area contributed by atoms with Crippen LogP contribution in [0.25, 0.3) is 0 Å². The van der Waals surface area contributed by atoms with Crippen LogP contribution in [-0.2, 0) is 4.74 Å². The Hall–Kier alpha value is -1.13. The van der Waals surface area contributed by atoms with E-state index in [9.17, 15) is 4.39 Å². The summed E-state index contributed by atoms with van der Waals surface area (Å²) < 4.78 is 24.4. The fourth-order valence-electron chi connectivity index (χ4n) is 1.76. The van der Waals surface area contributed by atoms with Crippen molar-refractivity contribution in [2.75, 3.05) is 34.4 Å². The average Bonchev–Trinajstić information content (AvgIpc) is 2.34. The van der Waals surface area contributed by atoms with Gasteiger partial charge in [0.1, 0.15) is 11.6 Å². The molecule has 0 aliphatic carbocycles. The summed E-state index contributed by atoms with van der Waals surface area (Å²) in [5.74, 6) is 0.411. The van der Waals surface area contributed by atoms with Gasteiger partial charge in [0.15, 0.2) is 0 Å². The third-order valence-electron chi connectivity index (χ3n) is 2.77. The van der Waals surface area contributed by atoms with Gasteiger partial charge in [-0.3, -0.25) is 0 Å². The quantitative estimate of drug-likeness (QED) is 0.748. The van der Waals surface area contributed by atoms with Crippen LogP contribution in [0.4, 0.5) is 4.39 Å². The van der Waals surface area contributed by atoms with E-state index in [4.69, 9.17) is 9.47 Å². The van der Waals surface area contributed by atoms with Gasteiger partial charge in [-0.05, 0) is 38.7 Å². The number of ether oxygens (including phenoxy) is 2. The summed E-state index contributed by atoms with van der Waals surface area (Å²) in [6, 6.07) is 4.53. The predicted octanol–water partition coefficient (Wildman–Crippen LogP) is 2.86. The molecule has 0 unspecified atom stereocenters. The summed E-state index contributed by atoms with van der Waals surface area (Å²) in [5.41, 5.74) is 0.777. The van der Waals surface area contributed by atoms with E-state index in [-0.39, 0.29) is 11.9 Å². The van der Waals surface area contributed by atoms with Gasteiger partial charge in [0.05, 0.1) is 19.8 Å². The molecule has 102 valence electrons. The van der Waals surface area contributed by atoms with Gasteiger partial charge in [0.25, 0.3) is 0 Å². The summed E-state index contributed by atoms with van der Waals surface area (Å²) in [6.07, 6.45) is 0.656. The van der Waals surface area contributed by atoms with Crippen LogP contribution in [0.1, 0.15) is 25.0 Å². The molecule has 1 rings (SSSR count). The Morgan fingerprint density at radius 3 is 2.61 bits per heavy atom. The van der Waals surface area contributed by atoms with Crippen molar-refractivity contribution in [2.24, 2.45) is 0 Å². The topological polar surface area (TPSA) is 21.7 Å². The van der Waals surface area contributed by atoms with E-state index in [1.54, 1.807) is 13.2 Å². The standard InChI is InChI=1S/C14H22FNO2/c1-5-13(18-9-8-16(2)3)12-10-11(15)6-7-14(12)17-4/h6-7,10,13H,5,8-9H2,1-4H3/t13-/m0/s1. The van der Waals surface area contributed by atoms with Crippen molar-refractivity contribution in [2.45, 2.75) is 19.4 Å². The lowest BCUT2D eigenvalue weighted by Crippen LogP contribution is -2.19. The third-order valence-corrected chi connectivity index (χ3v) is 2.77. The molecule has 0 amide bonds. The molecule has 3 nitrogen and oxygen atoms in total. The van der Waals surface area contributed by atoms with Gasteiger partial charge in [-0.2, -0.15) is 0 Å². The first-order chi connectivity index (χ1) is 8.58. The highest BCUT2D eigenvalue weighted by Crippen LogP contribution is 2.30. The molecule has 0 bridgehead atoms. The minimum Gasteiger partial charge on any atom is -0.496 e. The lowest BCUT2D eigenvalue weighted by atomic mass is 10.1. The maximum Gasteiger partial charge on any atom is 0.124 e. The first-order valence-electron chi connectivity index (χ1n) is 6.18. The molecule has 1 aromatic rings. The van der Waals surface area contributed by atoms with Gasteiger partial charge >= 0.3 is 0 Å². The molecule has 1 aromatic carbocycles. The van der Waals surface area contributed by atoms with Crippen LogP contribution in [0.3, 0.4) is 0 Å². The van der Waals surface area contributed by atoms with Crippen molar-refractivity contribution in [1.82, 2.24) is 4.90 Å². The van der Waals surface area contributed by atoms with Crippen LogP contribution in [-0.4, -0.2) is 39.3 Å². The summed E-state index contributed by atoms with van der Waals surface area (Å²) in [4.78, 5) is 2.05. The van der Waals surface area contributed by atoms with Crippen LogP contribution >= 0.6 is 0 Å². The van der Waals surface area contributed by atoms with E-state index >= 15 is 0 Å². The Labute approximate surface area is 109 Å². The summed E-state index contributed by atoms with van der Waals surface area (Å²) >= 11 is 0. The molecular formula is C14H22FNO2. The second-order valence-electron chi connectivity index (χ2n) is 4.46. The fraction of sp³-hybridized carbons (Fsp3) is 0.571. The summed E-state index contributed by atoms with van der Waals surface area (Å²) in [7, 11) is 5.57. The van der Waals surface area contributed by atoms with E-state index < -0.39 is 0 Å². The van der Waals surface area contributed by atoms with Gasteiger partial charge in [-0.1, -0.05) is 6.92 Å². The maximum atomic E-state index is 13.3. The number of rotatable bonds is 7. The Morgan fingerprint density at radius 1 is 1.33 bits per heavy atom. The molecule has 0 heterocycles. The normalized spacial score (nSPS) is 12.8. The molecule has 0 radical (unpaired) electrons. The van der Waals surface area contributed by atoms with E-state index in [1.807, 2.05) is 21.0 Å². The second-order valence-corrected chi connectivity index (χ2v) is 4.46. The molecule has 0 aliphatic rings. The highest BCUT2D eigenvalue weighted by Gasteiger charge is 2.16. The van der Waals surface area contributed by atoms with Gasteiger partial charge in [0, 0.05) is 12.1 Å². The van der Waals surface area contributed by atoms with Crippen molar-refractivity contribution >= 4 is 0 Å². The molecular weight excluding hydrogens is 233 g/mol. The Kier molecular flexibility index (Phi) is 6.09. The molecule has 4 heteroatoms. The van der Waals surface area contributed by atoms with E-state index in [0.29, 0.717) is 12.4 Å². The first kappa shape index (κ1) is 14.9. The number of benzene rings is 1. The van der Waals surface area contributed by atoms with Crippen molar-refractivity contribution in [3.8, 4) is 5.75 Å². The molecule has 1 atom stereocenters. The maximum absolute atomic E-state index is 13.3. The molecule has 0 saturated carbocycles. The molecule has 0 aromatic heterocycles. The SMILES string of the molecule is CC[C@H](OCCN(C)C)c1cc(F)ccc1OC. The number of hydrogen-bond acceptors (Lipinski definition) is 3. The smallest absolute Gasteiger partial charge is 0.124 e. The Bertz CT molecular complexity index is 369. The number of halogens is 1. The molecule has 0 N–H and O–H groups in total. The zero-order chi connectivity index (χ0) is 13.5. The molecule has 0 spiro atoms. The lowest BCUT2D eigenvalue weighted by molar-refractivity contribution is 0.0393. The van der Waals surface area contributed by atoms with Crippen LogP contribution in [0.2, 0.25) is 0 Å². The van der Waals surface area contributed by atoms with E-state index in [2.05, 4.69) is 4.90 Å². The highest BCUT2D eigenvalue weighted by atomic mass is 19.1. The molecule has 0 saturated heterocycles. The minimum atomic E-state index is -0.263. The van der Waals surface area contributed by atoms with E-state index in [1.165, 1.54) is 12.1 Å². The number of methoxy groups -OCH3 is 1. The number of hydrogen-bond donors (Lipinski definition) is 0. The Balaban J connectivity index is 2.77. The molecule has 0 aliphatic heterocycles. The second kappa shape index (κ2) is 7.34. The largest absolute Gasteiger partial charge is 0.496 e. The van der Waals surface area contributed by atoms with Crippen LogP contribution in [0, 0.1) is 5.82 Å². The zero-order valence-corrected chi connectivity index (χ0v) is 11.6.